The van der Waals surface area contributed by atoms with Crippen LogP contribution in [-0.4, -0.2) is 32.9 Å². The molecule has 0 aliphatic rings. The Morgan fingerprint density at radius 1 is 1.05 bits per heavy atom. The Morgan fingerprint density at radius 3 is 2.57 bits per heavy atom. The summed E-state index contributed by atoms with van der Waals surface area (Å²) in [5, 5.41) is 3.40. The number of rotatable bonds is 11. The van der Waals surface area contributed by atoms with Crippen molar-refractivity contribution in [3.8, 4) is 5.75 Å². The standard InChI is InChI=1S/C18H31NO2/c1-5-20-10-7-6-8-19-9-11-21-18-13-16(4)12-17(14-18)15(2)3/h12-15,19H,5-11H2,1-4H3. The predicted octanol–water partition coefficient (Wildman–Crippen LogP) is 3.90. The minimum atomic E-state index is 0.538. The highest BCUT2D eigenvalue weighted by atomic mass is 16.5. The van der Waals surface area contributed by atoms with Gasteiger partial charge in [0.2, 0.25) is 0 Å². The van der Waals surface area contributed by atoms with E-state index in [-0.39, 0.29) is 0 Å². The summed E-state index contributed by atoms with van der Waals surface area (Å²) < 4.78 is 11.1. The Bertz CT molecular complexity index is 391. The fourth-order valence-corrected chi connectivity index (χ4v) is 2.16. The van der Waals surface area contributed by atoms with Gasteiger partial charge in [-0.25, -0.2) is 0 Å². The second-order valence-electron chi connectivity index (χ2n) is 5.74. The van der Waals surface area contributed by atoms with Gasteiger partial charge in [-0.3, -0.25) is 0 Å². The summed E-state index contributed by atoms with van der Waals surface area (Å²) in [5.74, 6) is 1.52. The number of unbranched alkanes of at least 4 members (excludes halogenated alkanes) is 1. The number of hydrogen-bond donors (Lipinski definition) is 1. The van der Waals surface area contributed by atoms with E-state index < -0.39 is 0 Å². The molecule has 3 heteroatoms. The molecule has 0 spiro atoms. The molecule has 0 aliphatic carbocycles. The maximum Gasteiger partial charge on any atom is 0.119 e. The number of nitrogens with one attached hydrogen (secondary N) is 1. The zero-order valence-corrected chi connectivity index (χ0v) is 14.1. The molecule has 1 aromatic carbocycles. The Labute approximate surface area is 130 Å². The van der Waals surface area contributed by atoms with Gasteiger partial charge in [-0.15, -0.1) is 0 Å². The van der Waals surface area contributed by atoms with E-state index in [4.69, 9.17) is 9.47 Å². The second-order valence-corrected chi connectivity index (χ2v) is 5.74. The average molecular weight is 293 g/mol. The van der Waals surface area contributed by atoms with Crippen LogP contribution in [0.5, 0.6) is 5.75 Å². The van der Waals surface area contributed by atoms with Crippen molar-refractivity contribution in [3.63, 3.8) is 0 Å². The third-order valence-corrected chi connectivity index (χ3v) is 3.38. The molecule has 120 valence electrons. The monoisotopic (exact) mass is 293 g/mol. The quantitative estimate of drug-likeness (QED) is 0.628. The molecule has 21 heavy (non-hydrogen) atoms. The van der Waals surface area contributed by atoms with Crippen LogP contribution < -0.4 is 10.1 Å². The molecular formula is C18H31NO2. The Morgan fingerprint density at radius 2 is 1.86 bits per heavy atom. The molecule has 0 bridgehead atoms. The second kappa shape index (κ2) is 10.6. The van der Waals surface area contributed by atoms with E-state index in [0.29, 0.717) is 12.5 Å². The predicted molar refractivity (Wildman–Crippen MR) is 89.4 cm³/mol. The van der Waals surface area contributed by atoms with Crippen molar-refractivity contribution in [1.82, 2.24) is 5.32 Å². The van der Waals surface area contributed by atoms with Crippen molar-refractivity contribution in [2.45, 2.75) is 46.5 Å². The third-order valence-electron chi connectivity index (χ3n) is 3.38. The van der Waals surface area contributed by atoms with Crippen molar-refractivity contribution in [1.29, 1.82) is 0 Å². The first-order valence-electron chi connectivity index (χ1n) is 8.16. The van der Waals surface area contributed by atoms with Gasteiger partial charge in [0.15, 0.2) is 0 Å². The molecule has 0 atom stereocenters. The van der Waals surface area contributed by atoms with Crippen LogP contribution in [0.2, 0.25) is 0 Å². The van der Waals surface area contributed by atoms with Crippen LogP contribution in [0.15, 0.2) is 18.2 Å². The summed E-state index contributed by atoms with van der Waals surface area (Å²) in [4.78, 5) is 0. The van der Waals surface area contributed by atoms with Gasteiger partial charge in [0.25, 0.3) is 0 Å². The topological polar surface area (TPSA) is 30.5 Å². The highest BCUT2D eigenvalue weighted by Gasteiger charge is 2.03. The molecule has 0 amide bonds. The van der Waals surface area contributed by atoms with Crippen LogP contribution >= 0.6 is 0 Å². The van der Waals surface area contributed by atoms with Crippen LogP contribution in [-0.2, 0) is 4.74 Å². The molecule has 0 aliphatic heterocycles. The summed E-state index contributed by atoms with van der Waals surface area (Å²) in [6, 6.07) is 6.49. The Hall–Kier alpha value is -1.06. The minimum Gasteiger partial charge on any atom is -0.492 e. The largest absolute Gasteiger partial charge is 0.492 e. The van der Waals surface area contributed by atoms with E-state index in [2.05, 4.69) is 44.3 Å². The average Bonchev–Trinajstić information content (AvgIpc) is 2.45. The van der Waals surface area contributed by atoms with E-state index >= 15 is 0 Å². The lowest BCUT2D eigenvalue weighted by molar-refractivity contribution is 0.143. The van der Waals surface area contributed by atoms with E-state index in [1.165, 1.54) is 11.1 Å². The molecule has 0 fully saturated rings. The molecule has 0 saturated carbocycles. The first-order valence-corrected chi connectivity index (χ1v) is 8.16. The van der Waals surface area contributed by atoms with Gasteiger partial charge in [-0.1, -0.05) is 19.9 Å². The summed E-state index contributed by atoms with van der Waals surface area (Å²) in [6.07, 6.45) is 2.28. The summed E-state index contributed by atoms with van der Waals surface area (Å²) in [7, 11) is 0. The minimum absolute atomic E-state index is 0.538. The fourth-order valence-electron chi connectivity index (χ4n) is 2.16. The fraction of sp³-hybridized carbons (Fsp3) is 0.667. The van der Waals surface area contributed by atoms with Gasteiger partial charge in [-0.2, -0.15) is 0 Å². The van der Waals surface area contributed by atoms with Crippen LogP contribution in [0.3, 0.4) is 0 Å². The van der Waals surface area contributed by atoms with Crippen LogP contribution in [0.25, 0.3) is 0 Å². The maximum absolute atomic E-state index is 5.84. The number of benzene rings is 1. The molecule has 1 rings (SSSR count). The van der Waals surface area contributed by atoms with Gasteiger partial charge in [-0.05, 0) is 62.4 Å². The van der Waals surface area contributed by atoms with Gasteiger partial charge < -0.3 is 14.8 Å². The van der Waals surface area contributed by atoms with Crippen molar-refractivity contribution in [3.05, 3.63) is 29.3 Å². The number of aryl methyl sites for hydroxylation is 1. The number of hydrogen-bond acceptors (Lipinski definition) is 3. The van der Waals surface area contributed by atoms with Crippen LogP contribution in [0.4, 0.5) is 0 Å². The first-order chi connectivity index (χ1) is 10.1. The zero-order valence-electron chi connectivity index (χ0n) is 14.1. The number of ether oxygens (including phenoxy) is 2. The molecular weight excluding hydrogens is 262 g/mol. The molecule has 0 aromatic heterocycles. The van der Waals surface area contributed by atoms with Crippen molar-refractivity contribution >= 4 is 0 Å². The summed E-state index contributed by atoms with van der Waals surface area (Å²) in [6.45, 7) is 12.9. The van der Waals surface area contributed by atoms with Crippen LogP contribution in [0, 0.1) is 6.92 Å². The molecule has 1 aromatic rings. The van der Waals surface area contributed by atoms with Crippen molar-refractivity contribution in [2.24, 2.45) is 0 Å². The van der Waals surface area contributed by atoms with E-state index in [1.807, 2.05) is 6.92 Å². The third kappa shape index (κ3) is 8.08. The van der Waals surface area contributed by atoms with Gasteiger partial charge >= 0.3 is 0 Å². The van der Waals surface area contributed by atoms with Gasteiger partial charge in [0.05, 0.1) is 0 Å². The van der Waals surface area contributed by atoms with E-state index in [9.17, 15) is 0 Å². The lowest BCUT2D eigenvalue weighted by Crippen LogP contribution is -2.22. The molecule has 0 unspecified atom stereocenters. The highest BCUT2D eigenvalue weighted by molar-refractivity contribution is 5.35. The summed E-state index contributed by atoms with van der Waals surface area (Å²) >= 11 is 0. The lowest BCUT2D eigenvalue weighted by Gasteiger charge is -2.12. The van der Waals surface area contributed by atoms with E-state index in [0.717, 1.165) is 44.9 Å². The van der Waals surface area contributed by atoms with Crippen molar-refractivity contribution < 1.29 is 9.47 Å². The van der Waals surface area contributed by atoms with Gasteiger partial charge in [0.1, 0.15) is 12.4 Å². The maximum atomic E-state index is 5.84. The highest BCUT2D eigenvalue weighted by Crippen LogP contribution is 2.22. The van der Waals surface area contributed by atoms with Gasteiger partial charge in [0, 0.05) is 19.8 Å². The molecule has 0 heterocycles. The summed E-state index contributed by atoms with van der Waals surface area (Å²) in [5.41, 5.74) is 2.61. The Kier molecular flexibility index (Phi) is 9.11. The lowest BCUT2D eigenvalue weighted by atomic mass is 10.0. The van der Waals surface area contributed by atoms with Crippen LogP contribution in [0.1, 0.15) is 50.7 Å². The molecule has 0 radical (unpaired) electrons. The van der Waals surface area contributed by atoms with Crippen molar-refractivity contribution in [2.75, 3.05) is 32.9 Å². The zero-order chi connectivity index (χ0) is 15.5. The van der Waals surface area contributed by atoms with E-state index in [1.54, 1.807) is 0 Å². The Balaban J connectivity index is 2.15. The normalized spacial score (nSPS) is 11.1. The smallest absolute Gasteiger partial charge is 0.119 e. The first kappa shape index (κ1) is 18.0. The molecule has 3 nitrogen and oxygen atoms in total. The molecule has 0 saturated heterocycles. The molecule has 1 N–H and O–H groups in total. The SMILES string of the molecule is CCOCCCCNCCOc1cc(C)cc(C(C)C)c1.